The van der Waals surface area contributed by atoms with Crippen LogP contribution in [0, 0.1) is 17.8 Å². The Morgan fingerprint density at radius 3 is 2.34 bits per heavy atom. The predicted octanol–water partition coefficient (Wildman–Crippen LogP) is 7.71. The summed E-state index contributed by atoms with van der Waals surface area (Å²) in [5, 5.41) is 0.646. The van der Waals surface area contributed by atoms with E-state index in [0.29, 0.717) is 26.3 Å². The Kier molecular flexibility index (Phi) is 5.94. The number of carbonyl (C=O) groups is 2. The van der Waals surface area contributed by atoms with Gasteiger partial charge in [0.1, 0.15) is 5.75 Å². The molecule has 182 valence electrons. The Labute approximate surface area is 220 Å². The quantitative estimate of drug-likeness (QED) is 0.373. The van der Waals surface area contributed by atoms with Crippen LogP contribution in [0.5, 0.6) is 5.75 Å². The minimum absolute atomic E-state index is 0.114. The third-order valence-electron chi connectivity index (χ3n) is 8.38. The largest absolute Gasteiger partial charge is 0.496 e. The monoisotopic (exact) mass is 527 g/mol. The van der Waals surface area contributed by atoms with Gasteiger partial charge in [-0.05, 0) is 115 Å². The number of carbonyl (C=O) groups excluding carboxylic acids is 2. The van der Waals surface area contributed by atoms with Crippen LogP contribution in [0.25, 0.3) is 6.08 Å². The van der Waals surface area contributed by atoms with Gasteiger partial charge in [0.25, 0.3) is 11.1 Å². The number of methoxy groups -OCH3 is 1. The average molecular weight is 529 g/mol. The van der Waals surface area contributed by atoms with Gasteiger partial charge in [-0.1, -0.05) is 35.3 Å². The number of amides is 2. The second-order valence-corrected chi connectivity index (χ2v) is 12.5. The van der Waals surface area contributed by atoms with Gasteiger partial charge in [-0.3, -0.25) is 14.5 Å². The van der Waals surface area contributed by atoms with Gasteiger partial charge in [-0.15, -0.1) is 0 Å². The number of hydrogen-bond donors (Lipinski definition) is 0. The minimum Gasteiger partial charge on any atom is -0.496 e. The molecule has 4 saturated carbocycles. The molecule has 7 rings (SSSR count). The number of hydrogen-bond acceptors (Lipinski definition) is 4. The highest BCUT2D eigenvalue weighted by molar-refractivity contribution is 8.18. The molecular weight excluding hydrogens is 501 g/mol. The Morgan fingerprint density at radius 1 is 1.03 bits per heavy atom. The summed E-state index contributed by atoms with van der Waals surface area (Å²) in [5.41, 5.74) is 3.14. The van der Waals surface area contributed by atoms with Crippen molar-refractivity contribution in [1.82, 2.24) is 4.90 Å². The van der Waals surface area contributed by atoms with Crippen LogP contribution in [0.2, 0.25) is 10.0 Å². The molecule has 0 radical (unpaired) electrons. The number of halogens is 2. The Bertz CT molecular complexity index is 1220. The maximum atomic E-state index is 13.2. The lowest BCUT2D eigenvalue weighted by molar-refractivity contribution is -0.123. The molecule has 0 unspecified atom stereocenters. The summed E-state index contributed by atoms with van der Waals surface area (Å²) in [6.07, 6.45) is 9.81. The molecule has 0 N–H and O–H groups in total. The molecule has 5 aliphatic rings. The van der Waals surface area contributed by atoms with E-state index < -0.39 is 0 Å². The Hall–Kier alpha value is -1.95. The molecule has 35 heavy (non-hydrogen) atoms. The van der Waals surface area contributed by atoms with Gasteiger partial charge in [0.15, 0.2) is 0 Å². The summed E-state index contributed by atoms with van der Waals surface area (Å²) in [4.78, 5) is 27.6. The molecule has 2 aromatic rings. The fourth-order valence-electron chi connectivity index (χ4n) is 7.24. The maximum absolute atomic E-state index is 13.2. The van der Waals surface area contributed by atoms with E-state index in [-0.39, 0.29) is 23.1 Å². The first-order chi connectivity index (χ1) is 16.8. The van der Waals surface area contributed by atoms with E-state index in [1.54, 1.807) is 25.3 Å². The van der Waals surface area contributed by atoms with E-state index in [1.165, 1.54) is 49.0 Å². The van der Waals surface area contributed by atoms with Crippen LogP contribution >= 0.6 is 35.0 Å². The molecule has 2 amide bonds. The lowest BCUT2D eigenvalue weighted by Gasteiger charge is -2.57. The van der Waals surface area contributed by atoms with Crippen LogP contribution < -0.4 is 4.74 Å². The third kappa shape index (κ3) is 4.20. The summed E-state index contributed by atoms with van der Waals surface area (Å²) in [6.45, 7) is 0.114. The zero-order valence-electron chi connectivity index (χ0n) is 19.6. The van der Waals surface area contributed by atoms with E-state index in [0.717, 1.165) is 35.1 Å². The fraction of sp³-hybridized carbons (Fsp3) is 0.429. The van der Waals surface area contributed by atoms with Gasteiger partial charge in [0.2, 0.25) is 0 Å². The highest BCUT2D eigenvalue weighted by Crippen LogP contribution is 2.61. The van der Waals surface area contributed by atoms with Crippen LogP contribution in [0.1, 0.15) is 55.2 Å². The molecule has 0 aromatic heterocycles. The normalized spacial score (nSPS) is 30.5. The van der Waals surface area contributed by atoms with Gasteiger partial charge in [-0.2, -0.15) is 0 Å². The molecule has 1 aliphatic heterocycles. The number of rotatable bonds is 5. The second kappa shape index (κ2) is 8.86. The van der Waals surface area contributed by atoms with Crippen molar-refractivity contribution in [1.29, 1.82) is 0 Å². The summed E-state index contributed by atoms with van der Waals surface area (Å²) in [7, 11) is 1.64. The standard InChI is InChI=1S/C28H27Cl2NO3S/c1-34-24-5-3-21(28-12-16-6-17(13-28)8-18(7-16)14-28)9-20(24)10-25-26(32)31(27(33)35-25)15-19-2-4-22(29)11-23(19)30/h2-5,9-11,16-18H,6-8,12-15H2,1H3/b25-10+. The van der Waals surface area contributed by atoms with Gasteiger partial charge in [0.05, 0.1) is 18.6 Å². The van der Waals surface area contributed by atoms with Crippen molar-refractivity contribution in [2.24, 2.45) is 17.8 Å². The van der Waals surface area contributed by atoms with Crippen LogP contribution in [0.3, 0.4) is 0 Å². The first-order valence-corrected chi connectivity index (χ1v) is 13.8. The van der Waals surface area contributed by atoms with E-state index in [9.17, 15) is 9.59 Å². The molecule has 4 aliphatic carbocycles. The first-order valence-electron chi connectivity index (χ1n) is 12.2. The Morgan fingerprint density at radius 2 is 1.71 bits per heavy atom. The average Bonchev–Trinajstić information content (AvgIpc) is 3.07. The van der Waals surface area contributed by atoms with Crippen molar-refractivity contribution in [2.75, 3.05) is 7.11 Å². The van der Waals surface area contributed by atoms with Crippen LogP contribution in [0.15, 0.2) is 41.3 Å². The van der Waals surface area contributed by atoms with E-state index in [1.807, 2.05) is 12.1 Å². The Balaban J connectivity index is 1.30. The van der Waals surface area contributed by atoms with Gasteiger partial charge in [-0.25, -0.2) is 0 Å². The lowest BCUT2D eigenvalue weighted by Crippen LogP contribution is -2.48. The van der Waals surface area contributed by atoms with Crippen LogP contribution in [0.4, 0.5) is 4.79 Å². The van der Waals surface area contributed by atoms with E-state index in [4.69, 9.17) is 27.9 Å². The first kappa shape index (κ1) is 23.4. The molecule has 2 aromatic carbocycles. The number of thioether (sulfide) groups is 1. The molecule has 4 bridgehead atoms. The highest BCUT2D eigenvalue weighted by Gasteiger charge is 2.51. The zero-order chi connectivity index (χ0) is 24.3. The van der Waals surface area contributed by atoms with Crippen molar-refractivity contribution >= 4 is 52.2 Å². The molecule has 0 spiro atoms. The van der Waals surface area contributed by atoms with Gasteiger partial charge >= 0.3 is 0 Å². The molecule has 4 nitrogen and oxygen atoms in total. The fourth-order valence-corrected chi connectivity index (χ4v) is 8.54. The van der Waals surface area contributed by atoms with Crippen LogP contribution in [-0.4, -0.2) is 23.2 Å². The lowest BCUT2D eigenvalue weighted by atomic mass is 9.48. The topological polar surface area (TPSA) is 46.6 Å². The van der Waals surface area contributed by atoms with Crippen molar-refractivity contribution in [3.8, 4) is 5.75 Å². The minimum atomic E-state index is -0.312. The molecule has 0 atom stereocenters. The summed E-state index contributed by atoms with van der Waals surface area (Å²) in [5.74, 6) is 2.95. The van der Waals surface area contributed by atoms with Gasteiger partial charge in [0, 0.05) is 15.6 Å². The third-order valence-corrected chi connectivity index (χ3v) is 9.88. The summed E-state index contributed by atoms with van der Waals surface area (Å²) < 4.78 is 5.65. The van der Waals surface area contributed by atoms with Crippen LogP contribution in [-0.2, 0) is 16.8 Å². The molecule has 1 saturated heterocycles. The van der Waals surface area contributed by atoms with Gasteiger partial charge < -0.3 is 4.74 Å². The van der Waals surface area contributed by atoms with Crippen molar-refractivity contribution < 1.29 is 14.3 Å². The predicted molar refractivity (Wildman–Crippen MR) is 141 cm³/mol. The molecule has 5 fully saturated rings. The van der Waals surface area contributed by atoms with Crippen molar-refractivity contribution in [3.05, 3.63) is 68.0 Å². The summed E-state index contributed by atoms with van der Waals surface area (Å²) >= 11 is 13.2. The number of ether oxygens (including phenoxy) is 1. The molecular formula is C28H27Cl2NO3S. The van der Waals surface area contributed by atoms with E-state index in [2.05, 4.69) is 12.1 Å². The molecule has 7 heteroatoms. The summed E-state index contributed by atoms with van der Waals surface area (Å²) in [6, 6.07) is 11.5. The van der Waals surface area contributed by atoms with Crippen molar-refractivity contribution in [2.45, 2.75) is 50.5 Å². The number of benzene rings is 2. The smallest absolute Gasteiger partial charge is 0.293 e. The van der Waals surface area contributed by atoms with Crippen molar-refractivity contribution in [3.63, 3.8) is 0 Å². The zero-order valence-corrected chi connectivity index (χ0v) is 21.9. The number of nitrogens with zero attached hydrogens (tertiary/aromatic N) is 1. The molecule has 1 heterocycles. The maximum Gasteiger partial charge on any atom is 0.293 e. The second-order valence-electron chi connectivity index (χ2n) is 10.7. The van der Waals surface area contributed by atoms with E-state index >= 15 is 0 Å². The highest BCUT2D eigenvalue weighted by atomic mass is 35.5. The number of imide groups is 1. The SMILES string of the molecule is COc1ccc(C23CC4CC(CC(C4)C2)C3)cc1/C=C1/SC(=O)N(Cc2ccc(Cl)cc2Cl)C1=O.